The molecule has 0 amide bonds. The van der Waals surface area contributed by atoms with Gasteiger partial charge in [0.05, 0.1) is 5.69 Å². The number of anilines is 1. The number of hydrogen-bond donors (Lipinski definition) is 1. The van der Waals surface area contributed by atoms with Gasteiger partial charge in [0.1, 0.15) is 12.4 Å². The molecular formula is C13H11ClINO. The zero-order valence-electron chi connectivity index (χ0n) is 8.99. The molecule has 0 saturated carbocycles. The second-order valence-corrected chi connectivity index (χ2v) is 5.28. The third-order valence-corrected chi connectivity index (χ3v) is 3.16. The molecule has 0 aliphatic carbocycles. The van der Waals surface area contributed by atoms with Crippen molar-refractivity contribution in [3.8, 4) is 5.75 Å². The average molecular weight is 360 g/mol. The Morgan fingerprint density at radius 1 is 1.18 bits per heavy atom. The Hall–Kier alpha value is -0.940. The summed E-state index contributed by atoms with van der Waals surface area (Å²) < 4.78 is 6.74. The second-order valence-electron chi connectivity index (χ2n) is 3.60. The van der Waals surface area contributed by atoms with Crippen molar-refractivity contribution >= 4 is 39.9 Å². The number of nitrogen functional groups attached to an aromatic ring is 1. The first-order valence-electron chi connectivity index (χ1n) is 5.07. The molecule has 2 rings (SSSR count). The van der Waals surface area contributed by atoms with Crippen LogP contribution in [0.5, 0.6) is 5.75 Å². The fraction of sp³-hybridized carbons (Fsp3) is 0.0769. The molecule has 17 heavy (non-hydrogen) atoms. The second kappa shape index (κ2) is 5.60. The minimum atomic E-state index is 0.464. The Labute approximate surface area is 119 Å². The average Bonchev–Trinajstić information content (AvgIpc) is 2.28. The summed E-state index contributed by atoms with van der Waals surface area (Å²) in [7, 11) is 0. The fourth-order valence-electron chi connectivity index (χ4n) is 1.44. The molecule has 4 heteroatoms. The summed E-state index contributed by atoms with van der Waals surface area (Å²) in [6.45, 7) is 0.464. The van der Waals surface area contributed by atoms with Gasteiger partial charge in [-0.25, -0.2) is 0 Å². The van der Waals surface area contributed by atoms with Gasteiger partial charge in [0.2, 0.25) is 0 Å². The quantitative estimate of drug-likeness (QED) is 0.661. The molecule has 0 aliphatic heterocycles. The summed E-state index contributed by atoms with van der Waals surface area (Å²) in [5.74, 6) is 0.699. The molecule has 0 atom stereocenters. The van der Waals surface area contributed by atoms with Crippen LogP contribution < -0.4 is 10.5 Å². The summed E-state index contributed by atoms with van der Waals surface area (Å²) in [5.41, 5.74) is 7.53. The van der Waals surface area contributed by atoms with E-state index in [4.69, 9.17) is 22.1 Å². The van der Waals surface area contributed by atoms with E-state index in [0.29, 0.717) is 23.1 Å². The maximum atomic E-state index is 5.90. The highest BCUT2D eigenvalue weighted by molar-refractivity contribution is 14.1. The van der Waals surface area contributed by atoms with Crippen molar-refractivity contribution in [2.75, 3.05) is 5.73 Å². The van der Waals surface area contributed by atoms with Crippen LogP contribution in [0.3, 0.4) is 0 Å². The SMILES string of the molecule is Nc1cc(I)ccc1OCc1cccc(Cl)c1. The predicted octanol–water partition coefficient (Wildman–Crippen LogP) is 4.11. The van der Waals surface area contributed by atoms with Crippen LogP contribution in [0, 0.1) is 3.57 Å². The zero-order valence-corrected chi connectivity index (χ0v) is 11.9. The van der Waals surface area contributed by atoms with Gasteiger partial charge in [-0.05, 0) is 58.5 Å². The van der Waals surface area contributed by atoms with Crippen molar-refractivity contribution in [2.45, 2.75) is 6.61 Å². The molecule has 0 saturated heterocycles. The van der Waals surface area contributed by atoms with Gasteiger partial charge in [0.15, 0.2) is 0 Å². The molecule has 0 aliphatic rings. The van der Waals surface area contributed by atoms with Gasteiger partial charge in [-0.3, -0.25) is 0 Å². The molecule has 0 spiro atoms. The van der Waals surface area contributed by atoms with Crippen LogP contribution >= 0.6 is 34.2 Å². The van der Waals surface area contributed by atoms with Crippen molar-refractivity contribution in [1.29, 1.82) is 0 Å². The van der Waals surface area contributed by atoms with Crippen molar-refractivity contribution < 1.29 is 4.74 Å². The van der Waals surface area contributed by atoms with E-state index in [2.05, 4.69) is 22.6 Å². The Morgan fingerprint density at radius 3 is 2.71 bits per heavy atom. The number of rotatable bonds is 3. The Kier molecular flexibility index (Phi) is 4.12. The van der Waals surface area contributed by atoms with Gasteiger partial charge < -0.3 is 10.5 Å². The topological polar surface area (TPSA) is 35.2 Å². The number of hydrogen-bond acceptors (Lipinski definition) is 2. The minimum absolute atomic E-state index is 0.464. The molecule has 0 unspecified atom stereocenters. The molecule has 88 valence electrons. The first kappa shape index (κ1) is 12.5. The Morgan fingerprint density at radius 2 is 2.00 bits per heavy atom. The van der Waals surface area contributed by atoms with Crippen molar-refractivity contribution in [1.82, 2.24) is 0 Å². The molecule has 2 aromatic rings. The standard InChI is InChI=1S/C13H11ClINO/c14-10-3-1-2-9(6-10)8-17-13-5-4-11(15)7-12(13)16/h1-7H,8,16H2. The molecule has 0 aromatic heterocycles. The van der Waals surface area contributed by atoms with Crippen molar-refractivity contribution in [2.24, 2.45) is 0 Å². The highest BCUT2D eigenvalue weighted by Gasteiger charge is 2.01. The van der Waals surface area contributed by atoms with Gasteiger partial charge in [0, 0.05) is 8.59 Å². The number of nitrogens with two attached hydrogens (primary N) is 1. The van der Waals surface area contributed by atoms with E-state index in [-0.39, 0.29) is 0 Å². The summed E-state index contributed by atoms with van der Waals surface area (Å²) >= 11 is 8.11. The van der Waals surface area contributed by atoms with E-state index in [1.54, 1.807) is 0 Å². The summed E-state index contributed by atoms with van der Waals surface area (Å²) in [5, 5.41) is 0.710. The van der Waals surface area contributed by atoms with E-state index in [9.17, 15) is 0 Å². The minimum Gasteiger partial charge on any atom is -0.487 e. The molecule has 0 bridgehead atoms. The van der Waals surface area contributed by atoms with Gasteiger partial charge in [-0.2, -0.15) is 0 Å². The molecule has 2 N–H and O–H groups in total. The lowest BCUT2D eigenvalue weighted by molar-refractivity contribution is 0.308. The zero-order chi connectivity index (χ0) is 12.3. The first-order chi connectivity index (χ1) is 8.15. The van der Waals surface area contributed by atoms with Crippen molar-refractivity contribution in [3.05, 3.63) is 56.6 Å². The van der Waals surface area contributed by atoms with E-state index in [1.807, 2.05) is 42.5 Å². The number of ether oxygens (including phenoxy) is 1. The van der Waals surface area contributed by atoms with Crippen LogP contribution in [-0.4, -0.2) is 0 Å². The Balaban J connectivity index is 2.07. The summed E-state index contributed by atoms with van der Waals surface area (Å²) in [4.78, 5) is 0. The normalized spacial score (nSPS) is 10.2. The molecule has 2 aromatic carbocycles. The van der Waals surface area contributed by atoms with E-state index in [0.717, 1.165) is 9.13 Å². The highest BCUT2D eigenvalue weighted by atomic mass is 127. The lowest BCUT2D eigenvalue weighted by Gasteiger charge is -2.09. The van der Waals surface area contributed by atoms with Crippen LogP contribution in [0.2, 0.25) is 5.02 Å². The summed E-state index contributed by atoms with van der Waals surface area (Å²) in [6.07, 6.45) is 0. The van der Waals surface area contributed by atoms with Gasteiger partial charge >= 0.3 is 0 Å². The lowest BCUT2D eigenvalue weighted by Crippen LogP contribution is -1.98. The molecule has 2 nitrogen and oxygen atoms in total. The van der Waals surface area contributed by atoms with Crippen LogP contribution in [0.1, 0.15) is 5.56 Å². The monoisotopic (exact) mass is 359 g/mol. The van der Waals surface area contributed by atoms with E-state index >= 15 is 0 Å². The third kappa shape index (κ3) is 3.51. The first-order valence-corrected chi connectivity index (χ1v) is 6.53. The maximum Gasteiger partial charge on any atom is 0.142 e. The van der Waals surface area contributed by atoms with Crippen LogP contribution in [0.25, 0.3) is 0 Å². The molecule has 0 radical (unpaired) electrons. The Bertz CT molecular complexity index is 531. The highest BCUT2D eigenvalue weighted by Crippen LogP contribution is 2.24. The van der Waals surface area contributed by atoms with Crippen LogP contribution in [-0.2, 0) is 6.61 Å². The van der Waals surface area contributed by atoms with Gasteiger partial charge in [-0.1, -0.05) is 23.7 Å². The van der Waals surface area contributed by atoms with E-state index in [1.165, 1.54) is 0 Å². The molecule has 0 heterocycles. The maximum absolute atomic E-state index is 5.90. The fourth-order valence-corrected chi connectivity index (χ4v) is 2.17. The number of halogens is 2. The van der Waals surface area contributed by atoms with Crippen LogP contribution in [0.15, 0.2) is 42.5 Å². The third-order valence-electron chi connectivity index (χ3n) is 2.26. The van der Waals surface area contributed by atoms with Crippen LogP contribution in [0.4, 0.5) is 5.69 Å². The van der Waals surface area contributed by atoms with Gasteiger partial charge in [-0.15, -0.1) is 0 Å². The molecular weight excluding hydrogens is 349 g/mol. The molecule has 0 fully saturated rings. The van der Waals surface area contributed by atoms with Crippen molar-refractivity contribution in [3.63, 3.8) is 0 Å². The van der Waals surface area contributed by atoms with Gasteiger partial charge in [0.25, 0.3) is 0 Å². The summed E-state index contributed by atoms with van der Waals surface area (Å²) in [6, 6.07) is 13.3. The predicted molar refractivity (Wildman–Crippen MR) is 79.4 cm³/mol. The largest absolute Gasteiger partial charge is 0.487 e. The smallest absolute Gasteiger partial charge is 0.142 e. The van der Waals surface area contributed by atoms with E-state index < -0.39 is 0 Å². The lowest BCUT2D eigenvalue weighted by atomic mass is 10.2. The number of benzene rings is 2.